The first-order chi connectivity index (χ1) is 15.2. The van der Waals surface area contributed by atoms with E-state index in [9.17, 15) is 4.79 Å². The number of benzene rings is 3. The number of carbonyl (C=O) groups excluding carboxylic acids is 1. The summed E-state index contributed by atoms with van der Waals surface area (Å²) in [6.07, 6.45) is 0.791. The first-order valence-corrected chi connectivity index (χ1v) is 11.1. The predicted molar refractivity (Wildman–Crippen MR) is 130 cm³/mol. The van der Waals surface area contributed by atoms with Gasteiger partial charge in [-0.3, -0.25) is 4.79 Å². The van der Waals surface area contributed by atoms with Gasteiger partial charge in [0.2, 0.25) is 0 Å². The van der Waals surface area contributed by atoms with Gasteiger partial charge in [-0.15, -0.1) is 0 Å². The number of hydrogen-bond donors (Lipinski definition) is 0. The van der Waals surface area contributed by atoms with E-state index in [1.165, 1.54) is 5.56 Å². The first kappa shape index (κ1) is 20.8. The van der Waals surface area contributed by atoms with Crippen molar-refractivity contribution >= 4 is 34.6 Å². The highest BCUT2D eigenvalue weighted by Gasteiger charge is 2.53. The normalized spacial score (nSPS) is 22.2. The molecular weight excluding hydrogens is 420 g/mol. The largest absolute Gasteiger partial charge is 0.497 e. The number of rotatable bonds is 3. The van der Waals surface area contributed by atoms with Crippen molar-refractivity contribution in [1.82, 2.24) is 0 Å². The van der Waals surface area contributed by atoms with Gasteiger partial charge in [0.1, 0.15) is 11.5 Å². The van der Waals surface area contributed by atoms with Crippen molar-refractivity contribution in [2.75, 3.05) is 12.0 Å². The summed E-state index contributed by atoms with van der Waals surface area (Å²) in [5.41, 5.74) is 4.76. The summed E-state index contributed by atoms with van der Waals surface area (Å²) >= 11 is 6.17. The van der Waals surface area contributed by atoms with Crippen molar-refractivity contribution in [2.45, 2.75) is 38.1 Å². The summed E-state index contributed by atoms with van der Waals surface area (Å²) in [7, 11) is 1.63. The summed E-state index contributed by atoms with van der Waals surface area (Å²) < 4.78 is 5.24. The minimum absolute atomic E-state index is 0.0496. The molecule has 0 fully saturated rings. The molecule has 3 aromatic rings. The van der Waals surface area contributed by atoms with E-state index in [1.54, 1.807) is 7.11 Å². The number of nitrogens with zero attached hydrogens (tertiary/aromatic N) is 2. The Bertz CT molecular complexity index is 1250. The predicted octanol–water partition coefficient (Wildman–Crippen LogP) is 6.30. The van der Waals surface area contributed by atoms with Crippen molar-refractivity contribution in [1.29, 1.82) is 0 Å². The summed E-state index contributed by atoms with van der Waals surface area (Å²) in [5.74, 6) is 0.709. The molecular formula is C27H25ClN2O2. The van der Waals surface area contributed by atoms with Crippen LogP contribution in [0.15, 0.2) is 71.7 Å². The number of ether oxygens (including phenoxy) is 1. The Morgan fingerprint density at radius 1 is 0.969 bits per heavy atom. The zero-order valence-electron chi connectivity index (χ0n) is 18.6. The summed E-state index contributed by atoms with van der Waals surface area (Å²) in [4.78, 5) is 20.4. The van der Waals surface area contributed by atoms with Crippen LogP contribution in [0.25, 0.3) is 0 Å². The molecule has 4 nitrogen and oxygen atoms in total. The van der Waals surface area contributed by atoms with E-state index in [4.69, 9.17) is 21.3 Å². The fourth-order valence-electron chi connectivity index (χ4n) is 5.33. The molecule has 162 valence electrons. The molecule has 0 radical (unpaired) electrons. The van der Waals surface area contributed by atoms with E-state index >= 15 is 0 Å². The van der Waals surface area contributed by atoms with Crippen molar-refractivity contribution in [3.05, 3.63) is 88.4 Å². The third-order valence-electron chi connectivity index (χ3n) is 6.70. The lowest BCUT2D eigenvalue weighted by atomic mass is 9.65. The van der Waals surface area contributed by atoms with Gasteiger partial charge in [0.05, 0.1) is 18.5 Å². The zero-order chi connectivity index (χ0) is 22.7. The van der Waals surface area contributed by atoms with E-state index in [1.807, 2.05) is 53.4 Å². The molecule has 0 aromatic heterocycles. The maximum atomic E-state index is 13.7. The van der Waals surface area contributed by atoms with Gasteiger partial charge in [-0.05, 0) is 67.8 Å². The van der Waals surface area contributed by atoms with E-state index < -0.39 is 0 Å². The van der Waals surface area contributed by atoms with Gasteiger partial charge in [-0.25, -0.2) is 4.99 Å². The quantitative estimate of drug-likeness (QED) is 0.475. The molecule has 1 amide bonds. The average molecular weight is 445 g/mol. The molecule has 0 aliphatic carbocycles. The topological polar surface area (TPSA) is 41.9 Å². The third kappa shape index (κ3) is 3.05. The Balaban J connectivity index is 1.70. The average Bonchev–Trinajstić information content (AvgIpc) is 3.06. The maximum Gasteiger partial charge on any atom is 0.278 e. The van der Waals surface area contributed by atoms with Crippen LogP contribution in [0.1, 0.15) is 43.9 Å². The fourth-order valence-corrected chi connectivity index (χ4v) is 5.46. The summed E-state index contributed by atoms with van der Waals surface area (Å²) in [6, 6.07) is 21.7. The third-order valence-corrected chi connectivity index (χ3v) is 6.95. The van der Waals surface area contributed by atoms with Crippen LogP contribution in [0.2, 0.25) is 5.02 Å². The second-order valence-corrected chi connectivity index (χ2v) is 9.77. The Morgan fingerprint density at radius 3 is 2.31 bits per heavy atom. The van der Waals surface area contributed by atoms with Crippen LogP contribution in [-0.2, 0) is 10.2 Å². The van der Waals surface area contributed by atoms with Crippen LogP contribution in [-0.4, -0.2) is 24.3 Å². The fraction of sp³-hybridized carbons (Fsp3) is 0.259. The molecule has 5 rings (SSSR count). The van der Waals surface area contributed by atoms with Crippen molar-refractivity contribution in [2.24, 2.45) is 4.99 Å². The van der Waals surface area contributed by atoms with Gasteiger partial charge in [-0.1, -0.05) is 48.9 Å². The highest BCUT2D eigenvalue weighted by Crippen LogP contribution is 2.54. The number of halogens is 1. The molecule has 0 bridgehead atoms. The molecule has 2 aliphatic heterocycles. The Labute approximate surface area is 193 Å². The molecule has 5 heteroatoms. The van der Waals surface area contributed by atoms with Gasteiger partial charge in [0, 0.05) is 21.5 Å². The van der Waals surface area contributed by atoms with Crippen LogP contribution >= 0.6 is 11.6 Å². The van der Waals surface area contributed by atoms with Crippen LogP contribution in [0.3, 0.4) is 0 Å². The highest BCUT2D eigenvalue weighted by atomic mass is 35.5. The number of para-hydroxylation sites is 1. The van der Waals surface area contributed by atoms with Gasteiger partial charge in [0.15, 0.2) is 0 Å². The minimum atomic E-state index is -0.383. The molecule has 32 heavy (non-hydrogen) atoms. The van der Waals surface area contributed by atoms with Crippen molar-refractivity contribution < 1.29 is 9.53 Å². The van der Waals surface area contributed by atoms with E-state index in [0.717, 1.165) is 39.7 Å². The lowest BCUT2D eigenvalue weighted by Crippen LogP contribution is -2.54. The standard InChI is InChI=1S/C27H25ClN2O2/c1-26(2)16-27(3,17-8-10-18(28)11-9-17)22-7-5-6-21-23(25(31)30(26)24(21)22)29-19-12-14-20(32-4)15-13-19/h5-15H,16H2,1-4H3/t27-/m0/s1. The molecule has 1 atom stereocenters. The second-order valence-electron chi connectivity index (χ2n) is 9.33. The summed E-state index contributed by atoms with van der Waals surface area (Å²) in [5, 5.41) is 0.719. The van der Waals surface area contributed by atoms with Gasteiger partial charge in [0.25, 0.3) is 5.91 Å². The monoisotopic (exact) mass is 444 g/mol. The highest BCUT2D eigenvalue weighted by molar-refractivity contribution is 6.55. The first-order valence-electron chi connectivity index (χ1n) is 10.7. The van der Waals surface area contributed by atoms with Crippen LogP contribution < -0.4 is 9.64 Å². The minimum Gasteiger partial charge on any atom is -0.497 e. The van der Waals surface area contributed by atoms with Gasteiger partial charge >= 0.3 is 0 Å². The van der Waals surface area contributed by atoms with Crippen LogP contribution in [0.4, 0.5) is 11.4 Å². The van der Waals surface area contributed by atoms with Crippen molar-refractivity contribution in [3.8, 4) is 5.75 Å². The molecule has 2 heterocycles. The van der Waals surface area contributed by atoms with Gasteiger partial charge < -0.3 is 9.64 Å². The zero-order valence-corrected chi connectivity index (χ0v) is 19.4. The number of hydrogen-bond acceptors (Lipinski definition) is 3. The van der Waals surface area contributed by atoms with E-state index in [-0.39, 0.29) is 16.9 Å². The van der Waals surface area contributed by atoms with Crippen LogP contribution in [0, 0.1) is 0 Å². The molecule has 0 unspecified atom stereocenters. The Hall–Kier alpha value is -3.11. The number of amides is 1. The molecule has 3 aromatic carbocycles. The molecule has 0 spiro atoms. The Morgan fingerprint density at radius 2 is 1.66 bits per heavy atom. The second kappa shape index (κ2) is 7.21. The molecule has 0 saturated carbocycles. The SMILES string of the molecule is COc1ccc(N=C2C(=O)N3c4c2cccc4[C@](C)(c2ccc(Cl)cc2)CC3(C)C)cc1. The lowest BCUT2D eigenvalue weighted by molar-refractivity contribution is -0.113. The number of anilines is 1. The Kier molecular flexibility index (Phi) is 4.68. The number of aliphatic imine (C=N–C) groups is 1. The van der Waals surface area contributed by atoms with Crippen molar-refractivity contribution in [3.63, 3.8) is 0 Å². The smallest absolute Gasteiger partial charge is 0.278 e. The van der Waals surface area contributed by atoms with E-state index in [0.29, 0.717) is 5.71 Å². The molecule has 0 saturated heterocycles. The number of methoxy groups -OCH3 is 1. The number of carbonyl (C=O) groups is 1. The lowest BCUT2D eigenvalue weighted by Gasteiger charge is -2.49. The van der Waals surface area contributed by atoms with Crippen LogP contribution in [0.5, 0.6) is 5.75 Å². The molecule has 2 aliphatic rings. The maximum absolute atomic E-state index is 13.7. The van der Waals surface area contributed by atoms with E-state index in [2.05, 4.69) is 39.0 Å². The van der Waals surface area contributed by atoms with Gasteiger partial charge in [-0.2, -0.15) is 0 Å². The molecule has 0 N–H and O–H groups in total. The summed E-state index contributed by atoms with van der Waals surface area (Å²) in [6.45, 7) is 6.53.